The molecule has 0 saturated carbocycles. The number of nitrogens with zero attached hydrogens (tertiary/aromatic N) is 1. The molecule has 0 atom stereocenters. The number of benzene rings is 3. The molecule has 0 aliphatic heterocycles. The molecule has 0 fully saturated rings. The number of halogens is 3. The lowest BCUT2D eigenvalue weighted by molar-refractivity contribution is -0.112. The monoisotopic (exact) mass is 531 g/mol. The van der Waals surface area contributed by atoms with E-state index in [2.05, 4.69) is 26.6 Å². The van der Waals surface area contributed by atoms with E-state index < -0.39 is 5.91 Å². The highest BCUT2D eigenvalue weighted by molar-refractivity contribution is 9.10. The van der Waals surface area contributed by atoms with Crippen molar-refractivity contribution in [1.29, 1.82) is 5.26 Å². The van der Waals surface area contributed by atoms with Crippen LogP contribution in [0, 0.1) is 11.3 Å². The van der Waals surface area contributed by atoms with Crippen molar-refractivity contribution in [3.05, 3.63) is 103 Å². The van der Waals surface area contributed by atoms with Crippen LogP contribution in [0.1, 0.15) is 5.56 Å². The second-order valence-electron chi connectivity index (χ2n) is 6.32. The fourth-order valence-electron chi connectivity index (χ4n) is 2.50. The van der Waals surface area contributed by atoms with E-state index in [1.54, 1.807) is 48.5 Å². The van der Waals surface area contributed by atoms with Gasteiger partial charge in [0.15, 0.2) is 0 Å². The first-order valence-electron chi connectivity index (χ1n) is 9.06. The molecule has 3 rings (SSSR count). The molecule has 8 heteroatoms. The van der Waals surface area contributed by atoms with Gasteiger partial charge in [-0.2, -0.15) is 5.26 Å². The number of amides is 1. The molecule has 3 aromatic rings. The predicted octanol–water partition coefficient (Wildman–Crippen LogP) is 7.48. The van der Waals surface area contributed by atoms with Gasteiger partial charge >= 0.3 is 0 Å². The van der Waals surface area contributed by atoms with Gasteiger partial charge in [0.05, 0.1) is 5.03 Å². The molecule has 0 spiro atoms. The molecule has 0 radical (unpaired) electrons. The molecule has 0 heterocycles. The third kappa shape index (κ3) is 7.05. The lowest BCUT2D eigenvalue weighted by Gasteiger charge is -2.14. The van der Waals surface area contributed by atoms with E-state index in [4.69, 9.17) is 23.2 Å². The molecule has 4 nitrogen and oxygen atoms in total. The smallest absolute Gasteiger partial charge is 0.269 e. The fraction of sp³-hybridized carbons (Fsp3) is 0.0435. The van der Waals surface area contributed by atoms with Gasteiger partial charge in [0.1, 0.15) is 11.6 Å². The zero-order chi connectivity index (χ0) is 22.2. The van der Waals surface area contributed by atoms with Gasteiger partial charge in [-0.3, -0.25) is 4.79 Å². The van der Waals surface area contributed by atoms with Crippen LogP contribution in [0.15, 0.2) is 87.9 Å². The molecule has 0 saturated heterocycles. The minimum Gasteiger partial charge on any atom is -0.349 e. The van der Waals surface area contributed by atoms with E-state index in [1.165, 1.54) is 11.8 Å². The maximum atomic E-state index is 12.9. The van der Waals surface area contributed by atoms with Crippen LogP contribution in [0.5, 0.6) is 0 Å². The Morgan fingerprint density at radius 2 is 1.39 bits per heavy atom. The van der Waals surface area contributed by atoms with E-state index in [-0.39, 0.29) is 5.57 Å². The van der Waals surface area contributed by atoms with Crippen molar-refractivity contribution in [3.63, 3.8) is 0 Å². The number of anilines is 2. The van der Waals surface area contributed by atoms with Gasteiger partial charge in [-0.1, -0.05) is 51.3 Å². The number of rotatable bonds is 7. The maximum absolute atomic E-state index is 12.9. The van der Waals surface area contributed by atoms with Crippen LogP contribution in [0.3, 0.4) is 0 Å². The standard InChI is InChI=1S/C23H16BrCl2N3OS/c24-16-3-1-15(2-4-16)14-31-23(29-20-11-7-18(26)8-12-20)21(13-27)22(30)28-19-9-5-17(25)6-10-19/h1-12,29H,14H2,(H,28,30)/b23-21-. The summed E-state index contributed by atoms with van der Waals surface area (Å²) >= 11 is 16.7. The lowest BCUT2D eigenvalue weighted by atomic mass is 10.2. The largest absolute Gasteiger partial charge is 0.349 e. The zero-order valence-electron chi connectivity index (χ0n) is 16.0. The average Bonchev–Trinajstić information content (AvgIpc) is 2.76. The maximum Gasteiger partial charge on any atom is 0.269 e. The molecule has 0 aromatic heterocycles. The number of hydrogen-bond donors (Lipinski definition) is 2. The van der Waals surface area contributed by atoms with Crippen molar-refractivity contribution in [2.45, 2.75) is 5.75 Å². The third-order valence-electron chi connectivity index (χ3n) is 4.07. The van der Waals surface area contributed by atoms with Crippen LogP contribution in [0.2, 0.25) is 10.0 Å². The second kappa shape index (κ2) is 11.3. The number of hydrogen-bond acceptors (Lipinski definition) is 4. The average molecular weight is 533 g/mol. The molecule has 1 amide bonds. The number of thioether (sulfide) groups is 1. The van der Waals surface area contributed by atoms with Crippen molar-refractivity contribution >= 4 is 68.2 Å². The Morgan fingerprint density at radius 1 is 0.871 bits per heavy atom. The summed E-state index contributed by atoms with van der Waals surface area (Å²) in [6.07, 6.45) is 0. The fourth-order valence-corrected chi connectivity index (χ4v) is 4.00. The van der Waals surface area contributed by atoms with Crippen LogP contribution in [0.4, 0.5) is 11.4 Å². The highest BCUT2D eigenvalue weighted by Gasteiger charge is 2.17. The molecule has 0 aliphatic carbocycles. The van der Waals surface area contributed by atoms with Gasteiger partial charge in [0.25, 0.3) is 5.91 Å². The Morgan fingerprint density at radius 3 is 1.90 bits per heavy atom. The summed E-state index contributed by atoms with van der Waals surface area (Å²) in [6.45, 7) is 0. The molecule has 3 aromatic carbocycles. The van der Waals surface area contributed by atoms with Crippen molar-refractivity contribution in [3.8, 4) is 6.07 Å². The van der Waals surface area contributed by atoms with E-state index in [9.17, 15) is 10.1 Å². The first kappa shape index (κ1) is 23.2. The molecule has 0 unspecified atom stereocenters. The summed E-state index contributed by atoms with van der Waals surface area (Å²) in [5, 5.41) is 17.3. The molecule has 0 aliphatic rings. The van der Waals surface area contributed by atoms with Crippen molar-refractivity contribution in [1.82, 2.24) is 0 Å². The number of carbonyl (C=O) groups is 1. The van der Waals surface area contributed by atoms with E-state index >= 15 is 0 Å². The highest BCUT2D eigenvalue weighted by atomic mass is 79.9. The molecule has 31 heavy (non-hydrogen) atoms. The van der Waals surface area contributed by atoms with Gasteiger partial charge in [-0.05, 0) is 66.2 Å². The molecular weight excluding hydrogens is 517 g/mol. The molecular formula is C23H16BrCl2N3OS. The highest BCUT2D eigenvalue weighted by Crippen LogP contribution is 2.28. The zero-order valence-corrected chi connectivity index (χ0v) is 19.9. The number of nitrogens with one attached hydrogen (secondary N) is 2. The van der Waals surface area contributed by atoms with Crippen LogP contribution in [-0.2, 0) is 10.5 Å². The minimum atomic E-state index is -0.510. The van der Waals surface area contributed by atoms with Gasteiger partial charge in [-0.15, -0.1) is 11.8 Å². The first-order valence-corrected chi connectivity index (χ1v) is 11.6. The third-order valence-corrected chi connectivity index (χ3v) is 6.17. The Kier molecular flexibility index (Phi) is 8.44. The quantitative estimate of drug-likeness (QED) is 0.244. The second-order valence-corrected chi connectivity index (χ2v) is 9.10. The summed E-state index contributed by atoms with van der Waals surface area (Å²) in [5.41, 5.74) is 2.30. The number of nitriles is 1. The first-order chi connectivity index (χ1) is 14.9. The minimum absolute atomic E-state index is 0.0213. The Labute approximate surface area is 203 Å². The van der Waals surface area contributed by atoms with Crippen LogP contribution in [-0.4, -0.2) is 5.91 Å². The Hall–Kier alpha value is -2.43. The molecule has 0 bridgehead atoms. The Balaban J connectivity index is 1.87. The van der Waals surface area contributed by atoms with Gasteiger partial charge in [-0.25, -0.2) is 0 Å². The van der Waals surface area contributed by atoms with Gasteiger partial charge in [0.2, 0.25) is 0 Å². The lowest BCUT2D eigenvalue weighted by Crippen LogP contribution is -2.17. The summed E-state index contributed by atoms with van der Waals surface area (Å²) in [6, 6.07) is 23.6. The molecule has 2 N–H and O–H groups in total. The SMILES string of the molecule is N#C/C(C(=O)Nc1ccc(Cl)cc1)=C(\Nc1ccc(Cl)cc1)SCc1ccc(Br)cc1. The van der Waals surface area contributed by atoms with Gasteiger partial charge < -0.3 is 10.6 Å². The van der Waals surface area contributed by atoms with Crippen LogP contribution < -0.4 is 10.6 Å². The van der Waals surface area contributed by atoms with Crippen LogP contribution in [0.25, 0.3) is 0 Å². The number of carbonyl (C=O) groups excluding carboxylic acids is 1. The summed E-state index contributed by atoms with van der Waals surface area (Å²) < 4.78 is 0.983. The topological polar surface area (TPSA) is 64.9 Å². The summed E-state index contributed by atoms with van der Waals surface area (Å²) in [4.78, 5) is 12.9. The Bertz CT molecular complexity index is 1130. The normalized spacial score (nSPS) is 11.3. The van der Waals surface area contributed by atoms with Crippen molar-refractivity contribution < 1.29 is 4.79 Å². The van der Waals surface area contributed by atoms with Crippen molar-refractivity contribution in [2.75, 3.05) is 10.6 Å². The van der Waals surface area contributed by atoms with E-state index in [0.717, 1.165) is 15.7 Å². The molecule has 156 valence electrons. The van der Waals surface area contributed by atoms with Crippen LogP contribution >= 0.6 is 50.9 Å². The van der Waals surface area contributed by atoms with E-state index in [0.29, 0.717) is 26.5 Å². The summed E-state index contributed by atoms with van der Waals surface area (Å²) in [7, 11) is 0. The van der Waals surface area contributed by atoms with Gasteiger partial charge in [0, 0.05) is 31.6 Å². The van der Waals surface area contributed by atoms with Crippen molar-refractivity contribution in [2.24, 2.45) is 0 Å². The predicted molar refractivity (Wildman–Crippen MR) is 133 cm³/mol. The van der Waals surface area contributed by atoms with E-state index in [1.807, 2.05) is 30.3 Å². The summed E-state index contributed by atoms with van der Waals surface area (Å²) in [5.74, 6) is 0.0624.